The number of anilines is 1. The van der Waals surface area contributed by atoms with Crippen molar-refractivity contribution in [1.29, 1.82) is 0 Å². The number of nitrogens with zero attached hydrogens (tertiary/aromatic N) is 5. The first-order valence-electron chi connectivity index (χ1n) is 10.7. The molecule has 1 aromatic carbocycles. The van der Waals surface area contributed by atoms with Crippen molar-refractivity contribution in [2.45, 2.75) is 37.4 Å². The smallest absolute Gasteiger partial charge is 0.224 e. The van der Waals surface area contributed by atoms with Crippen LogP contribution in [0, 0.1) is 5.92 Å². The standard InChI is InChI=1S/C23H31N5O/c1-26(2)23-24-12-16(13-25-23)14-28-15-20(17-4-6-19(29-3)7-5-17)22-21(28)18-8-10-27(22)11-9-18/h4-7,12-13,18,20-22H,8-11,14-15H2,1-3H3/t20-,21+,22+/m0/s1. The van der Waals surface area contributed by atoms with Crippen LogP contribution < -0.4 is 9.64 Å². The monoisotopic (exact) mass is 393 g/mol. The van der Waals surface area contributed by atoms with Gasteiger partial charge in [0, 0.05) is 63.1 Å². The molecule has 6 heteroatoms. The number of hydrogen-bond acceptors (Lipinski definition) is 6. The van der Waals surface area contributed by atoms with Crippen LogP contribution in [0.15, 0.2) is 36.7 Å². The average molecular weight is 394 g/mol. The zero-order valence-electron chi connectivity index (χ0n) is 17.7. The fourth-order valence-electron chi connectivity index (χ4n) is 5.76. The normalized spacial score (nSPS) is 30.9. The summed E-state index contributed by atoms with van der Waals surface area (Å²) in [5, 5.41) is 0. The van der Waals surface area contributed by atoms with Crippen LogP contribution >= 0.6 is 0 Å². The Morgan fingerprint density at radius 3 is 2.34 bits per heavy atom. The second-order valence-corrected chi connectivity index (χ2v) is 8.95. The lowest BCUT2D eigenvalue weighted by Gasteiger charge is -2.51. The molecule has 0 aliphatic carbocycles. The highest BCUT2D eigenvalue weighted by Crippen LogP contribution is 2.47. The van der Waals surface area contributed by atoms with Gasteiger partial charge in [-0.1, -0.05) is 12.1 Å². The molecule has 4 fully saturated rings. The van der Waals surface area contributed by atoms with Crippen LogP contribution in [0.2, 0.25) is 0 Å². The van der Waals surface area contributed by atoms with Crippen LogP contribution in [0.1, 0.15) is 29.9 Å². The number of ether oxygens (including phenoxy) is 1. The van der Waals surface area contributed by atoms with Crippen LogP contribution in [0.25, 0.3) is 0 Å². The van der Waals surface area contributed by atoms with Gasteiger partial charge in [0.2, 0.25) is 5.95 Å². The molecule has 6 nitrogen and oxygen atoms in total. The molecule has 154 valence electrons. The van der Waals surface area contributed by atoms with Crippen molar-refractivity contribution in [3.8, 4) is 5.75 Å². The Hall–Kier alpha value is -2.18. The van der Waals surface area contributed by atoms with E-state index in [1.807, 2.05) is 31.4 Å². The van der Waals surface area contributed by atoms with Gasteiger partial charge in [0.1, 0.15) is 5.75 Å². The van der Waals surface area contributed by atoms with Gasteiger partial charge in [0.05, 0.1) is 7.11 Å². The number of piperidine rings is 3. The quantitative estimate of drug-likeness (QED) is 0.778. The van der Waals surface area contributed by atoms with E-state index in [2.05, 4.69) is 44.0 Å². The van der Waals surface area contributed by atoms with Gasteiger partial charge in [-0.05, 0) is 49.5 Å². The van der Waals surface area contributed by atoms with Gasteiger partial charge in [0.15, 0.2) is 0 Å². The molecule has 2 aromatic rings. The molecule has 4 aliphatic heterocycles. The minimum atomic E-state index is 0.552. The summed E-state index contributed by atoms with van der Waals surface area (Å²) >= 11 is 0. The highest BCUT2D eigenvalue weighted by molar-refractivity contribution is 5.33. The van der Waals surface area contributed by atoms with Gasteiger partial charge in [-0.15, -0.1) is 0 Å². The highest BCUT2D eigenvalue weighted by Gasteiger charge is 2.53. The molecule has 4 aliphatic rings. The summed E-state index contributed by atoms with van der Waals surface area (Å²) in [7, 11) is 5.69. The maximum Gasteiger partial charge on any atom is 0.224 e. The molecule has 6 rings (SSSR count). The van der Waals surface area contributed by atoms with E-state index in [1.165, 1.54) is 37.1 Å². The third-order valence-corrected chi connectivity index (χ3v) is 7.12. The van der Waals surface area contributed by atoms with Gasteiger partial charge in [0.25, 0.3) is 0 Å². The van der Waals surface area contributed by atoms with E-state index >= 15 is 0 Å². The van der Waals surface area contributed by atoms with Crippen LogP contribution in [0.5, 0.6) is 5.75 Å². The van der Waals surface area contributed by atoms with E-state index in [9.17, 15) is 0 Å². The maximum absolute atomic E-state index is 5.38. The molecule has 4 saturated heterocycles. The van der Waals surface area contributed by atoms with Gasteiger partial charge < -0.3 is 9.64 Å². The zero-order chi connectivity index (χ0) is 20.0. The fraction of sp³-hybridized carbons (Fsp3) is 0.565. The molecule has 5 heterocycles. The Balaban J connectivity index is 1.41. The lowest BCUT2D eigenvalue weighted by Crippen LogP contribution is -2.59. The molecule has 29 heavy (non-hydrogen) atoms. The lowest BCUT2D eigenvalue weighted by molar-refractivity contribution is -0.00873. The Kier molecular flexibility index (Phi) is 4.92. The van der Waals surface area contributed by atoms with Crippen molar-refractivity contribution in [2.24, 2.45) is 5.92 Å². The molecular weight excluding hydrogens is 362 g/mol. The minimum Gasteiger partial charge on any atom is -0.497 e. The average Bonchev–Trinajstić information content (AvgIpc) is 3.16. The van der Waals surface area contributed by atoms with E-state index in [-0.39, 0.29) is 0 Å². The summed E-state index contributed by atoms with van der Waals surface area (Å²) in [5.41, 5.74) is 2.65. The Bertz CT molecular complexity index is 829. The Labute approximate surface area is 173 Å². The number of rotatable bonds is 5. The zero-order valence-corrected chi connectivity index (χ0v) is 17.7. The molecule has 0 unspecified atom stereocenters. The summed E-state index contributed by atoms with van der Waals surface area (Å²) in [4.78, 5) is 16.5. The molecule has 0 spiro atoms. The van der Waals surface area contributed by atoms with Crippen molar-refractivity contribution in [2.75, 3.05) is 45.7 Å². The minimum absolute atomic E-state index is 0.552. The topological polar surface area (TPSA) is 44.7 Å². The summed E-state index contributed by atoms with van der Waals surface area (Å²) in [6.07, 6.45) is 6.67. The van der Waals surface area contributed by atoms with Crippen molar-refractivity contribution < 1.29 is 4.74 Å². The molecule has 0 amide bonds. The first-order chi connectivity index (χ1) is 14.1. The molecule has 0 saturated carbocycles. The second kappa shape index (κ2) is 7.58. The van der Waals surface area contributed by atoms with E-state index in [4.69, 9.17) is 4.74 Å². The number of fused-ring (bicyclic) bond motifs is 2. The summed E-state index contributed by atoms with van der Waals surface area (Å²) in [6.45, 7) is 4.55. The lowest BCUT2D eigenvalue weighted by atomic mass is 9.75. The first kappa shape index (κ1) is 18.8. The van der Waals surface area contributed by atoms with Crippen molar-refractivity contribution in [3.63, 3.8) is 0 Å². The maximum atomic E-state index is 5.38. The fourth-order valence-corrected chi connectivity index (χ4v) is 5.76. The third kappa shape index (κ3) is 3.38. The Morgan fingerprint density at radius 2 is 1.72 bits per heavy atom. The van der Waals surface area contributed by atoms with E-state index in [0.717, 1.165) is 30.7 Å². The van der Waals surface area contributed by atoms with Crippen molar-refractivity contribution >= 4 is 5.95 Å². The molecule has 0 radical (unpaired) electrons. The number of hydrogen-bond donors (Lipinski definition) is 0. The SMILES string of the molecule is COc1ccc([C@@H]2CN(Cc3cnc(N(C)C)nc3)[C@@H]3C4CCN(CC4)[C@@H]32)cc1. The van der Waals surface area contributed by atoms with Gasteiger partial charge in [-0.2, -0.15) is 0 Å². The summed E-state index contributed by atoms with van der Waals surface area (Å²) < 4.78 is 5.38. The van der Waals surface area contributed by atoms with Crippen molar-refractivity contribution in [3.05, 3.63) is 47.8 Å². The summed E-state index contributed by atoms with van der Waals surface area (Å²) in [6, 6.07) is 10.0. The first-order valence-corrected chi connectivity index (χ1v) is 10.7. The van der Waals surface area contributed by atoms with Crippen LogP contribution in [-0.4, -0.2) is 72.7 Å². The molecule has 0 N–H and O–H groups in total. The third-order valence-electron chi connectivity index (χ3n) is 7.12. The van der Waals surface area contributed by atoms with Gasteiger partial charge in [-0.25, -0.2) is 9.97 Å². The molecular formula is C23H31N5O. The van der Waals surface area contributed by atoms with Crippen LogP contribution in [0.3, 0.4) is 0 Å². The van der Waals surface area contributed by atoms with Crippen LogP contribution in [0.4, 0.5) is 5.95 Å². The van der Waals surface area contributed by atoms with E-state index < -0.39 is 0 Å². The molecule has 2 bridgehead atoms. The highest BCUT2D eigenvalue weighted by atomic mass is 16.5. The van der Waals surface area contributed by atoms with Gasteiger partial charge >= 0.3 is 0 Å². The van der Waals surface area contributed by atoms with E-state index in [1.54, 1.807) is 7.11 Å². The number of methoxy groups -OCH3 is 1. The number of aromatic nitrogens is 2. The predicted molar refractivity (Wildman–Crippen MR) is 114 cm³/mol. The Morgan fingerprint density at radius 1 is 1.03 bits per heavy atom. The largest absolute Gasteiger partial charge is 0.497 e. The number of likely N-dealkylation sites (tertiary alicyclic amines) is 1. The van der Waals surface area contributed by atoms with Crippen LogP contribution in [-0.2, 0) is 6.54 Å². The predicted octanol–water partition coefficient (Wildman–Crippen LogP) is 2.61. The van der Waals surface area contributed by atoms with E-state index in [0.29, 0.717) is 18.0 Å². The molecule has 1 aromatic heterocycles. The number of benzene rings is 1. The molecule has 3 atom stereocenters. The summed E-state index contributed by atoms with van der Waals surface area (Å²) in [5.74, 6) is 3.07. The van der Waals surface area contributed by atoms with Gasteiger partial charge in [-0.3, -0.25) is 9.80 Å². The van der Waals surface area contributed by atoms with Crippen molar-refractivity contribution in [1.82, 2.24) is 19.8 Å². The second-order valence-electron chi connectivity index (χ2n) is 8.95.